The van der Waals surface area contributed by atoms with E-state index < -0.39 is 0 Å². The van der Waals surface area contributed by atoms with E-state index in [-0.39, 0.29) is 11.8 Å². The summed E-state index contributed by atoms with van der Waals surface area (Å²) in [6, 6.07) is 12.2. The molecule has 1 unspecified atom stereocenters. The number of nitrogens with one attached hydrogen (secondary N) is 1. The van der Waals surface area contributed by atoms with Gasteiger partial charge < -0.3 is 5.32 Å². The number of amides is 1. The van der Waals surface area contributed by atoms with E-state index in [9.17, 15) is 4.79 Å². The number of nitrogens with zero attached hydrogens (tertiary/aromatic N) is 1. The van der Waals surface area contributed by atoms with Crippen molar-refractivity contribution in [3.8, 4) is 0 Å². The van der Waals surface area contributed by atoms with Crippen molar-refractivity contribution in [1.82, 2.24) is 4.90 Å². The first kappa shape index (κ1) is 18.9. The van der Waals surface area contributed by atoms with Gasteiger partial charge in [0.25, 0.3) is 0 Å². The molecular formula is C22H27ClN2O. The van der Waals surface area contributed by atoms with Gasteiger partial charge in [0.15, 0.2) is 0 Å². The number of carbonyl (C=O) groups excluding carboxylic acids is 1. The first-order valence-corrected chi connectivity index (χ1v) is 9.66. The fourth-order valence-electron chi connectivity index (χ4n) is 3.88. The number of halogens is 1. The minimum Gasteiger partial charge on any atom is -0.325 e. The molecule has 2 aromatic carbocycles. The summed E-state index contributed by atoms with van der Waals surface area (Å²) >= 11 is 6.29. The number of likely N-dealkylation sites (tertiary alicyclic amines) is 1. The first-order valence-electron chi connectivity index (χ1n) is 9.28. The number of hydrogen-bond donors (Lipinski definition) is 1. The minimum atomic E-state index is 0.0198. The number of benzene rings is 2. The van der Waals surface area contributed by atoms with Crippen molar-refractivity contribution >= 4 is 23.2 Å². The van der Waals surface area contributed by atoms with Gasteiger partial charge in [-0.3, -0.25) is 9.69 Å². The molecule has 0 bridgehead atoms. The molecule has 1 fully saturated rings. The summed E-state index contributed by atoms with van der Waals surface area (Å²) in [5, 5.41) is 3.98. The molecule has 4 heteroatoms. The Morgan fingerprint density at radius 3 is 2.58 bits per heavy atom. The molecule has 1 N–H and O–H groups in total. The second kappa shape index (κ2) is 8.24. The Labute approximate surface area is 161 Å². The summed E-state index contributed by atoms with van der Waals surface area (Å²) in [5.41, 5.74) is 5.56. The Morgan fingerprint density at radius 1 is 1.19 bits per heavy atom. The second-order valence-corrected chi connectivity index (χ2v) is 7.84. The van der Waals surface area contributed by atoms with Gasteiger partial charge in [-0.05, 0) is 62.9 Å². The average Bonchev–Trinajstić information content (AvgIpc) is 2.60. The molecule has 3 nitrogen and oxygen atoms in total. The van der Waals surface area contributed by atoms with Crippen LogP contribution < -0.4 is 5.32 Å². The number of aryl methyl sites for hydroxylation is 3. The zero-order valence-corrected chi connectivity index (χ0v) is 16.6. The van der Waals surface area contributed by atoms with Gasteiger partial charge in [-0.25, -0.2) is 0 Å². The molecule has 1 aliphatic rings. The highest BCUT2D eigenvalue weighted by molar-refractivity contribution is 6.31. The third-order valence-electron chi connectivity index (χ3n) is 5.15. The highest BCUT2D eigenvalue weighted by atomic mass is 35.5. The number of carbonyl (C=O) groups is 1. The van der Waals surface area contributed by atoms with E-state index in [1.165, 1.54) is 5.56 Å². The average molecular weight is 371 g/mol. The van der Waals surface area contributed by atoms with E-state index in [0.717, 1.165) is 59.9 Å². The quantitative estimate of drug-likeness (QED) is 0.810. The second-order valence-electron chi connectivity index (χ2n) is 7.43. The smallest absolute Gasteiger partial charge is 0.228 e. The molecule has 1 aliphatic heterocycles. The molecule has 0 spiro atoms. The Bertz CT molecular complexity index is 779. The lowest BCUT2D eigenvalue weighted by molar-refractivity contribution is -0.121. The molecule has 2 aromatic rings. The van der Waals surface area contributed by atoms with Crippen LogP contribution in [0.1, 0.15) is 35.1 Å². The number of rotatable bonds is 4. The van der Waals surface area contributed by atoms with E-state index in [1.807, 2.05) is 18.2 Å². The summed E-state index contributed by atoms with van der Waals surface area (Å²) < 4.78 is 0. The van der Waals surface area contributed by atoms with Crippen LogP contribution in [0.5, 0.6) is 0 Å². The van der Waals surface area contributed by atoms with Crippen molar-refractivity contribution in [3.05, 3.63) is 63.7 Å². The molecule has 138 valence electrons. The zero-order valence-electron chi connectivity index (χ0n) is 15.8. The maximum absolute atomic E-state index is 12.9. The Balaban J connectivity index is 1.66. The van der Waals surface area contributed by atoms with Crippen molar-refractivity contribution in [2.45, 2.75) is 40.2 Å². The Morgan fingerprint density at radius 2 is 1.88 bits per heavy atom. The molecule has 0 saturated carbocycles. The van der Waals surface area contributed by atoms with Crippen LogP contribution in [-0.4, -0.2) is 23.9 Å². The third kappa shape index (κ3) is 4.46. The Hall–Kier alpha value is -1.84. The van der Waals surface area contributed by atoms with Crippen LogP contribution in [-0.2, 0) is 11.3 Å². The topological polar surface area (TPSA) is 32.3 Å². The van der Waals surface area contributed by atoms with E-state index >= 15 is 0 Å². The van der Waals surface area contributed by atoms with Crippen LogP contribution in [0, 0.1) is 26.7 Å². The molecule has 26 heavy (non-hydrogen) atoms. The Kier molecular flexibility index (Phi) is 6.00. The van der Waals surface area contributed by atoms with E-state index in [2.05, 4.69) is 49.2 Å². The van der Waals surface area contributed by atoms with Gasteiger partial charge in [0, 0.05) is 23.8 Å². The fourth-order valence-corrected chi connectivity index (χ4v) is 4.08. The summed E-state index contributed by atoms with van der Waals surface area (Å²) in [5.74, 6) is 0.148. The van der Waals surface area contributed by atoms with E-state index in [0.29, 0.717) is 0 Å². The number of piperidine rings is 1. The predicted molar refractivity (Wildman–Crippen MR) is 109 cm³/mol. The van der Waals surface area contributed by atoms with Crippen LogP contribution in [0.4, 0.5) is 5.69 Å². The molecule has 0 aromatic heterocycles. The zero-order chi connectivity index (χ0) is 18.7. The van der Waals surface area contributed by atoms with Gasteiger partial charge in [-0.2, -0.15) is 0 Å². The monoisotopic (exact) mass is 370 g/mol. The van der Waals surface area contributed by atoms with Gasteiger partial charge >= 0.3 is 0 Å². The number of hydrogen-bond acceptors (Lipinski definition) is 2. The SMILES string of the molecule is Cc1cc(C)c(NC(=O)C2CCCN(Cc3ccccc3Cl)C2)c(C)c1. The van der Waals surface area contributed by atoms with Crippen LogP contribution in [0.15, 0.2) is 36.4 Å². The van der Waals surface area contributed by atoms with Crippen LogP contribution in [0.3, 0.4) is 0 Å². The maximum Gasteiger partial charge on any atom is 0.228 e. The molecule has 3 rings (SSSR count). The van der Waals surface area contributed by atoms with Gasteiger partial charge in [0.05, 0.1) is 5.92 Å². The maximum atomic E-state index is 12.9. The van der Waals surface area contributed by atoms with E-state index in [1.54, 1.807) is 0 Å². The number of anilines is 1. The highest BCUT2D eigenvalue weighted by Gasteiger charge is 2.26. The van der Waals surface area contributed by atoms with Crippen molar-refractivity contribution in [1.29, 1.82) is 0 Å². The van der Waals surface area contributed by atoms with E-state index in [4.69, 9.17) is 11.6 Å². The van der Waals surface area contributed by atoms with Crippen LogP contribution >= 0.6 is 11.6 Å². The normalized spacial score (nSPS) is 17.9. The lowest BCUT2D eigenvalue weighted by Gasteiger charge is -2.32. The minimum absolute atomic E-state index is 0.0198. The molecule has 1 heterocycles. The lowest BCUT2D eigenvalue weighted by atomic mass is 9.96. The fraction of sp³-hybridized carbons (Fsp3) is 0.409. The first-order chi connectivity index (χ1) is 12.4. The van der Waals surface area contributed by atoms with Gasteiger partial charge in [-0.15, -0.1) is 0 Å². The molecule has 1 atom stereocenters. The van der Waals surface area contributed by atoms with Gasteiger partial charge in [0.1, 0.15) is 0 Å². The molecular weight excluding hydrogens is 344 g/mol. The molecule has 0 aliphatic carbocycles. The van der Waals surface area contributed by atoms with Crippen LogP contribution in [0.2, 0.25) is 5.02 Å². The van der Waals surface area contributed by atoms with Gasteiger partial charge in [0.2, 0.25) is 5.91 Å². The van der Waals surface area contributed by atoms with Crippen LogP contribution in [0.25, 0.3) is 0 Å². The summed E-state index contributed by atoms with van der Waals surface area (Å²) in [4.78, 5) is 15.2. The van der Waals surface area contributed by atoms with Crippen molar-refractivity contribution in [3.63, 3.8) is 0 Å². The highest BCUT2D eigenvalue weighted by Crippen LogP contribution is 2.26. The van der Waals surface area contributed by atoms with Crippen molar-refractivity contribution in [2.24, 2.45) is 5.92 Å². The summed E-state index contributed by atoms with van der Waals surface area (Å²) in [6.45, 7) is 8.78. The standard InChI is InChI=1S/C22H27ClN2O/c1-15-11-16(2)21(17(3)12-15)24-22(26)19-8-6-10-25(14-19)13-18-7-4-5-9-20(18)23/h4-5,7,9,11-12,19H,6,8,10,13-14H2,1-3H3,(H,24,26). The molecule has 1 amide bonds. The predicted octanol–water partition coefficient (Wildman–Crippen LogP) is 5.12. The summed E-state index contributed by atoms with van der Waals surface area (Å²) in [6.07, 6.45) is 1.98. The largest absolute Gasteiger partial charge is 0.325 e. The lowest BCUT2D eigenvalue weighted by Crippen LogP contribution is -2.40. The molecule has 1 saturated heterocycles. The van der Waals surface area contributed by atoms with Crippen molar-refractivity contribution in [2.75, 3.05) is 18.4 Å². The molecule has 0 radical (unpaired) electrons. The van der Waals surface area contributed by atoms with Crippen molar-refractivity contribution < 1.29 is 4.79 Å². The third-order valence-corrected chi connectivity index (χ3v) is 5.52. The summed E-state index contributed by atoms with van der Waals surface area (Å²) in [7, 11) is 0. The van der Waals surface area contributed by atoms with Gasteiger partial charge in [-0.1, -0.05) is 47.5 Å².